The van der Waals surface area contributed by atoms with Crippen LogP contribution in [0.3, 0.4) is 0 Å². The fourth-order valence-electron chi connectivity index (χ4n) is 2.27. The van der Waals surface area contributed by atoms with Gasteiger partial charge in [0.15, 0.2) is 11.5 Å². The summed E-state index contributed by atoms with van der Waals surface area (Å²) in [7, 11) is 3.13. The van der Waals surface area contributed by atoms with Crippen molar-refractivity contribution in [1.82, 2.24) is 0 Å². The number of hydrogen-bond donors (Lipinski definition) is 0. The molecule has 0 heterocycles. The predicted molar refractivity (Wildman–Crippen MR) is 82.7 cm³/mol. The van der Waals surface area contributed by atoms with E-state index in [0.717, 1.165) is 10.8 Å². The van der Waals surface area contributed by atoms with Gasteiger partial charge in [-0.15, -0.1) is 0 Å². The lowest BCUT2D eigenvalue weighted by Crippen LogP contribution is -2.08. The van der Waals surface area contributed by atoms with Gasteiger partial charge in [-0.25, -0.2) is 0 Å². The van der Waals surface area contributed by atoms with Crippen LogP contribution in [0.5, 0.6) is 17.2 Å². The van der Waals surface area contributed by atoms with Gasteiger partial charge in [0.1, 0.15) is 5.75 Å². The molecule has 0 N–H and O–H groups in total. The molecule has 0 amide bonds. The first-order chi connectivity index (χ1) is 10.0. The van der Waals surface area contributed by atoms with Gasteiger partial charge in [0.2, 0.25) is 0 Å². The number of carbonyl (C=O) groups is 1. The lowest BCUT2D eigenvalue weighted by Gasteiger charge is -2.18. The summed E-state index contributed by atoms with van der Waals surface area (Å²) in [6.45, 7) is 3.56. The molecule has 0 spiro atoms. The van der Waals surface area contributed by atoms with Gasteiger partial charge in [-0.1, -0.05) is 18.5 Å². The van der Waals surface area contributed by atoms with Crippen molar-refractivity contribution < 1.29 is 19.0 Å². The van der Waals surface area contributed by atoms with Gasteiger partial charge in [0.25, 0.3) is 0 Å². The second kappa shape index (κ2) is 6.22. The monoisotopic (exact) mass is 308 g/mol. The van der Waals surface area contributed by atoms with Gasteiger partial charge in [-0.2, -0.15) is 0 Å². The second-order valence-corrected chi connectivity index (χ2v) is 4.97. The minimum absolute atomic E-state index is 0.288. The number of methoxy groups -OCH3 is 2. The standard InChI is InChI=1S/C16H17ClO4/c1-5-13(18)21-14-9(2)15(19-3)16(20-4)11-7-6-10(17)8-12(11)14/h6-8H,5H2,1-4H3. The van der Waals surface area contributed by atoms with Crippen LogP contribution in [-0.4, -0.2) is 20.2 Å². The molecule has 0 aliphatic carbocycles. The molecule has 2 aromatic carbocycles. The Hall–Kier alpha value is -1.94. The third kappa shape index (κ3) is 2.76. The highest BCUT2D eigenvalue weighted by atomic mass is 35.5. The van der Waals surface area contributed by atoms with Crippen LogP contribution in [-0.2, 0) is 4.79 Å². The molecule has 0 aromatic heterocycles. The van der Waals surface area contributed by atoms with E-state index in [2.05, 4.69) is 0 Å². The van der Waals surface area contributed by atoms with E-state index < -0.39 is 0 Å². The van der Waals surface area contributed by atoms with Crippen LogP contribution in [0.4, 0.5) is 0 Å². The Labute approximate surface area is 128 Å². The van der Waals surface area contributed by atoms with E-state index in [1.54, 1.807) is 33.3 Å². The molecule has 0 aliphatic rings. The van der Waals surface area contributed by atoms with Crippen LogP contribution >= 0.6 is 11.6 Å². The van der Waals surface area contributed by atoms with Crippen LogP contribution in [0, 0.1) is 6.92 Å². The Bertz CT molecular complexity index is 694. The van der Waals surface area contributed by atoms with Crippen LogP contribution in [0.2, 0.25) is 5.02 Å². The van der Waals surface area contributed by atoms with Crippen LogP contribution in [0.25, 0.3) is 10.8 Å². The number of benzene rings is 2. The molecule has 5 heteroatoms. The Morgan fingerprint density at radius 2 is 1.76 bits per heavy atom. The van der Waals surface area contributed by atoms with Crippen molar-refractivity contribution in [3.05, 3.63) is 28.8 Å². The van der Waals surface area contributed by atoms with Crippen molar-refractivity contribution in [2.75, 3.05) is 14.2 Å². The summed E-state index contributed by atoms with van der Waals surface area (Å²) in [4.78, 5) is 11.7. The van der Waals surface area contributed by atoms with Gasteiger partial charge >= 0.3 is 5.97 Å². The van der Waals surface area contributed by atoms with E-state index in [0.29, 0.717) is 27.8 Å². The molecule has 0 saturated carbocycles. The third-order valence-corrected chi connectivity index (χ3v) is 3.51. The van der Waals surface area contributed by atoms with E-state index in [-0.39, 0.29) is 12.4 Å². The fraction of sp³-hybridized carbons (Fsp3) is 0.312. The van der Waals surface area contributed by atoms with Gasteiger partial charge in [0.05, 0.1) is 14.2 Å². The van der Waals surface area contributed by atoms with Crippen molar-refractivity contribution >= 4 is 28.3 Å². The van der Waals surface area contributed by atoms with Crippen LogP contribution in [0.15, 0.2) is 18.2 Å². The SMILES string of the molecule is CCC(=O)Oc1c(C)c(OC)c(OC)c2ccc(Cl)cc12. The Morgan fingerprint density at radius 1 is 1.10 bits per heavy atom. The summed E-state index contributed by atoms with van der Waals surface area (Å²) in [5.74, 6) is 1.28. The van der Waals surface area contributed by atoms with Crippen molar-refractivity contribution in [2.24, 2.45) is 0 Å². The van der Waals surface area contributed by atoms with Gasteiger partial charge in [-0.05, 0) is 25.1 Å². The largest absolute Gasteiger partial charge is 0.492 e. The molecule has 0 atom stereocenters. The van der Waals surface area contributed by atoms with E-state index in [4.69, 9.17) is 25.8 Å². The van der Waals surface area contributed by atoms with Gasteiger partial charge < -0.3 is 14.2 Å². The zero-order chi connectivity index (χ0) is 15.6. The van der Waals surface area contributed by atoms with Gasteiger partial charge in [0, 0.05) is 27.8 Å². The zero-order valence-electron chi connectivity index (χ0n) is 12.5. The maximum absolute atomic E-state index is 11.7. The molecule has 0 radical (unpaired) electrons. The minimum atomic E-state index is -0.313. The highest BCUT2D eigenvalue weighted by molar-refractivity contribution is 6.31. The summed E-state index contributed by atoms with van der Waals surface area (Å²) in [5, 5.41) is 2.06. The second-order valence-electron chi connectivity index (χ2n) is 4.54. The number of halogens is 1. The average molecular weight is 309 g/mol. The Kier molecular flexibility index (Phi) is 4.58. The Balaban J connectivity index is 2.84. The fourth-order valence-corrected chi connectivity index (χ4v) is 2.44. The summed E-state index contributed by atoms with van der Waals surface area (Å²) in [6.07, 6.45) is 0.288. The number of esters is 1. The van der Waals surface area contributed by atoms with E-state index in [1.165, 1.54) is 0 Å². The van der Waals surface area contributed by atoms with Crippen molar-refractivity contribution in [3.8, 4) is 17.2 Å². The minimum Gasteiger partial charge on any atom is -0.492 e. The molecular formula is C16H17ClO4. The van der Waals surface area contributed by atoms with Crippen molar-refractivity contribution in [1.29, 1.82) is 0 Å². The molecule has 0 saturated heterocycles. The molecule has 2 aromatic rings. The number of carbonyl (C=O) groups excluding carboxylic acids is 1. The van der Waals surface area contributed by atoms with Crippen molar-refractivity contribution in [3.63, 3.8) is 0 Å². The first-order valence-corrected chi connectivity index (χ1v) is 6.95. The van der Waals surface area contributed by atoms with Crippen LogP contribution < -0.4 is 14.2 Å². The van der Waals surface area contributed by atoms with Gasteiger partial charge in [-0.3, -0.25) is 4.79 Å². The number of ether oxygens (including phenoxy) is 3. The number of hydrogen-bond acceptors (Lipinski definition) is 4. The number of fused-ring (bicyclic) bond motifs is 1. The third-order valence-electron chi connectivity index (χ3n) is 3.27. The lowest BCUT2D eigenvalue weighted by molar-refractivity contribution is -0.133. The smallest absolute Gasteiger partial charge is 0.310 e. The molecule has 0 unspecified atom stereocenters. The summed E-state index contributed by atoms with van der Waals surface area (Å²) in [5.41, 5.74) is 0.700. The molecule has 2 rings (SSSR count). The predicted octanol–water partition coefficient (Wildman–Crippen LogP) is 4.13. The first-order valence-electron chi connectivity index (χ1n) is 6.57. The molecule has 0 fully saturated rings. The maximum Gasteiger partial charge on any atom is 0.310 e. The van der Waals surface area contributed by atoms with E-state index in [9.17, 15) is 4.79 Å². The molecule has 21 heavy (non-hydrogen) atoms. The highest BCUT2D eigenvalue weighted by Crippen LogP contribution is 2.46. The van der Waals surface area contributed by atoms with E-state index in [1.807, 2.05) is 13.0 Å². The maximum atomic E-state index is 11.7. The number of rotatable bonds is 4. The first kappa shape index (κ1) is 15.4. The Morgan fingerprint density at radius 3 is 2.33 bits per heavy atom. The molecule has 0 aliphatic heterocycles. The molecule has 4 nitrogen and oxygen atoms in total. The quantitative estimate of drug-likeness (QED) is 0.629. The molecular weight excluding hydrogens is 292 g/mol. The highest BCUT2D eigenvalue weighted by Gasteiger charge is 2.21. The topological polar surface area (TPSA) is 44.8 Å². The molecule has 0 bridgehead atoms. The summed E-state index contributed by atoms with van der Waals surface area (Å²) in [6, 6.07) is 5.33. The molecule has 112 valence electrons. The normalized spacial score (nSPS) is 10.5. The summed E-state index contributed by atoms with van der Waals surface area (Å²) >= 11 is 6.07. The average Bonchev–Trinajstić information content (AvgIpc) is 2.49. The lowest BCUT2D eigenvalue weighted by atomic mass is 10.0. The zero-order valence-corrected chi connectivity index (χ0v) is 13.2. The summed E-state index contributed by atoms with van der Waals surface area (Å²) < 4.78 is 16.3. The van der Waals surface area contributed by atoms with Crippen molar-refractivity contribution in [2.45, 2.75) is 20.3 Å². The van der Waals surface area contributed by atoms with Crippen LogP contribution in [0.1, 0.15) is 18.9 Å². The van der Waals surface area contributed by atoms with E-state index >= 15 is 0 Å².